The molecule has 1 N–H and O–H groups in total. The highest BCUT2D eigenvalue weighted by atomic mass is 79.9. The van der Waals surface area contributed by atoms with Crippen molar-refractivity contribution in [3.63, 3.8) is 0 Å². The van der Waals surface area contributed by atoms with E-state index in [1.807, 2.05) is 48.5 Å². The fraction of sp³-hybridized carbons (Fsp3) is 0.0526. The van der Waals surface area contributed by atoms with E-state index in [1.165, 1.54) is 7.11 Å². The number of carbonyl (C=O) groups excluding carboxylic acids is 1. The number of halogens is 1. The van der Waals surface area contributed by atoms with E-state index < -0.39 is 0 Å². The molecule has 2 heterocycles. The van der Waals surface area contributed by atoms with E-state index in [2.05, 4.69) is 25.9 Å². The van der Waals surface area contributed by atoms with Crippen LogP contribution in [-0.2, 0) is 4.74 Å². The van der Waals surface area contributed by atoms with E-state index in [-0.39, 0.29) is 5.97 Å². The van der Waals surface area contributed by atoms with Crippen LogP contribution in [0.5, 0.6) is 0 Å². The molecule has 0 saturated carbocycles. The molecule has 118 valence electrons. The van der Waals surface area contributed by atoms with Gasteiger partial charge in [0.25, 0.3) is 0 Å². The molecule has 0 radical (unpaired) electrons. The molecule has 4 rings (SSSR count). The maximum absolute atomic E-state index is 12.4. The van der Waals surface area contributed by atoms with Gasteiger partial charge in [-0.15, -0.1) is 0 Å². The smallest absolute Gasteiger partial charge is 0.340 e. The molecule has 0 aliphatic heterocycles. The molecule has 2 aromatic carbocycles. The predicted molar refractivity (Wildman–Crippen MR) is 98.1 cm³/mol. The first-order valence-corrected chi connectivity index (χ1v) is 8.22. The zero-order chi connectivity index (χ0) is 16.7. The lowest BCUT2D eigenvalue weighted by Crippen LogP contribution is -2.02. The number of aromatic nitrogens is 2. The molecule has 0 aliphatic carbocycles. The Balaban J connectivity index is 2.09. The van der Waals surface area contributed by atoms with Crippen molar-refractivity contribution >= 4 is 43.7 Å². The molecule has 0 atom stereocenters. The van der Waals surface area contributed by atoms with Crippen LogP contribution < -0.4 is 0 Å². The monoisotopic (exact) mass is 380 g/mol. The SMILES string of the molecule is COC(=O)c1c(-c2cccc3cc(Br)cnc23)[nH]c2ccccc12. The van der Waals surface area contributed by atoms with Gasteiger partial charge in [0.15, 0.2) is 0 Å². The zero-order valence-electron chi connectivity index (χ0n) is 12.8. The Bertz CT molecular complexity index is 1090. The Kier molecular flexibility index (Phi) is 3.58. The summed E-state index contributed by atoms with van der Waals surface area (Å²) in [5, 5.41) is 1.84. The number of carbonyl (C=O) groups is 1. The van der Waals surface area contributed by atoms with Crippen molar-refractivity contribution in [2.24, 2.45) is 0 Å². The highest BCUT2D eigenvalue weighted by Gasteiger charge is 2.21. The van der Waals surface area contributed by atoms with E-state index >= 15 is 0 Å². The van der Waals surface area contributed by atoms with Crippen LogP contribution in [0.15, 0.2) is 59.2 Å². The molecule has 0 amide bonds. The van der Waals surface area contributed by atoms with Gasteiger partial charge in [-0.2, -0.15) is 0 Å². The van der Waals surface area contributed by atoms with Gasteiger partial charge >= 0.3 is 5.97 Å². The van der Waals surface area contributed by atoms with E-state index in [1.54, 1.807) is 6.20 Å². The number of esters is 1. The van der Waals surface area contributed by atoms with Gasteiger partial charge in [0.05, 0.1) is 23.9 Å². The Morgan fingerprint density at radius 3 is 2.83 bits per heavy atom. The number of nitrogens with zero attached hydrogens (tertiary/aromatic N) is 1. The van der Waals surface area contributed by atoms with Crippen LogP contribution in [0.2, 0.25) is 0 Å². The third kappa shape index (κ3) is 2.29. The van der Waals surface area contributed by atoms with Crippen LogP contribution >= 0.6 is 15.9 Å². The van der Waals surface area contributed by atoms with E-state index in [4.69, 9.17) is 4.74 Å². The molecule has 0 spiro atoms. The largest absolute Gasteiger partial charge is 0.465 e. The summed E-state index contributed by atoms with van der Waals surface area (Å²) in [7, 11) is 1.40. The molecule has 0 saturated heterocycles. The molecular formula is C19H13BrN2O2. The van der Waals surface area contributed by atoms with Crippen molar-refractivity contribution < 1.29 is 9.53 Å². The van der Waals surface area contributed by atoms with Crippen molar-refractivity contribution in [2.75, 3.05) is 7.11 Å². The maximum Gasteiger partial charge on any atom is 0.340 e. The molecule has 0 bridgehead atoms. The molecule has 0 unspecified atom stereocenters. The number of pyridine rings is 1. The summed E-state index contributed by atoms with van der Waals surface area (Å²) in [5.74, 6) is -0.364. The van der Waals surface area contributed by atoms with Crippen LogP contribution in [0.3, 0.4) is 0 Å². The van der Waals surface area contributed by atoms with E-state index in [0.29, 0.717) is 5.56 Å². The Morgan fingerprint density at radius 1 is 1.17 bits per heavy atom. The number of rotatable bonds is 2. The van der Waals surface area contributed by atoms with Crippen LogP contribution in [0.1, 0.15) is 10.4 Å². The summed E-state index contributed by atoms with van der Waals surface area (Å²) in [6.07, 6.45) is 1.76. The normalized spacial score (nSPS) is 11.1. The molecule has 5 heteroatoms. The highest BCUT2D eigenvalue weighted by Crippen LogP contribution is 2.34. The first kappa shape index (κ1) is 14.9. The van der Waals surface area contributed by atoms with Gasteiger partial charge in [-0.25, -0.2) is 4.79 Å². The first-order chi connectivity index (χ1) is 11.7. The molecule has 4 nitrogen and oxygen atoms in total. The van der Waals surface area contributed by atoms with Gasteiger partial charge in [0, 0.05) is 32.5 Å². The lowest BCUT2D eigenvalue weighted by Gasteiger charge is -2.07. The standard InChI is InChI=1S/C19H13BrN2O2/c1-24-19(23)16-13-6-2-3-8-15(13)22-18(16)14-7-4-5-11-9-12(20)10-21-17(11)14/h2-10,22H,1H3. The quantitative estimate of drug-likeness (QED) is 0.501. The van der Waals surface area contributed by atoms with Crippen molar-refractivity contribution in [3.05, 3.63) is 64.8 Å². The Labute approximate surface area is 146 Å². The number of hydrogen-bond acceptors (Lipinski definition) is 3. The number of fused-ring (bicyclic) bond motifs is 2. The lowest BCUT2D eigenvalue weighted by molar-refractivity contribution is 0.0604. The molecule has 24 heavy (non-hydrogen) atoms. The van der Waals surface area contributed by atoms with Gasteiger partial charge < -0.3 is 9.72 Å². The average molecular weight is 381 g/mol. The number of hydrogen-bond donors (Lipinski definition) is 1. The summed E-state index contributed by atoms with van der Waals surface area (Å²) < 4.78 is 5.92. The first-order valence-electron chi connectivity index (χ1n) is 7.42. The highest BCUT2D eigenvalue weighted by molar-refractivity contribution is 9.10. The van der Waals surface area contributed by atoms with Crippen molar-refractivity contribution in [3.8, 4) is 11.3 Å². The number of methoxy groups -OCH3 is 1. The fourth-order valence-electron chi connectivity index (χ4n) is 2.99. The van der Waals surface area contributed by atoms with Crippen LogP contribution in [0, 0.1) is 0 Å². The third-order valence-corrected chi connectivity index (χ3v) is 4.48. The lowest BCUT2D eigenvalue weighted by atomic mass is 10.0. The number of benzene rings is 2. The topological polar surface area (TPSA) is 55.0 Å². The number of ether oxygens (including phenoxy) is 1. The Morgan fingerprint density at radius 2 is 2.00 bits per heavy atom. The van der Waals surface area contributed by atoms with Gasteiger partial charge in [-0.3, -0.25) is 4.98 Å². The summed E-state index contributed by atoms with van der Waals surface area (Å²) in [5.41, 5.74) is 3.85. The summed E-state index contributed by atoms with van der Waals surface area (Å²) in [4.78, 5) is 20.3. The van der Waals surface area contributed by atoms with Gasteiger partial charge in [-0.05, 0) is 28.1 Å². The third-order valence-electron chi connectivity index (χ3n) is 4.04. The maximum atomic E-state index is 12.4. The molecule has 0 fully saturated rings. The molecular weight excluding hydrogens is 368 g/mol. The minimum absolute atomic E-state index is 0.364. The summed E-state index contributed by atoms with van der Waals surface area (Å²) >= 11 is 3.45. The van der Waals surface area contributed by atoms with Crippen molar-refractivity contribution in [2.45, 2.75) is 0 Å². The van der Waals surface area contributed by atoms with Gasteiger partial charge in [-0.1, -0.05) is 36.4 Å². The second kappa shape index (κ2) is 5.76. The summed E-state index contributed by atoms with van der Waals surface area (Å²) in [6, 6.07) is 15.6. The van der Waals surface area contributed by atoms with Gasteiger partial charge in [0.1, 0.15) is 0 Å². The van der Waals surface area contributed by atoms with Crippen LogP contribution in [0.4, 0.5) is 0 Å². The number of aromatic amines is 1. The minimum atomic E-state index is -0.364. The minimum Gasteiger partial charge on any atom is -0.465 e. The van der Waals surface area contributed by atoms with E-state index in [9.17, 15) is 4.79 Å². The second-order valence-corrected chi connectivity index (χ2v) is 6.36. The fourth-order valence-corrected chi connectivity index (χ4v) is 3.34. The number of nitrogens with one attached hydrogen (secondary N) is 1. The van der Waals surface area contributed by atoms with Crippen molar-refractivity contribution in [1.82, 2.24) is 9.97 Å². The van der Waals surface area contributed by atoms with Crippen molar-refractivity contribution in [1.29, 1.82) is 0 Å². The van der Waals surface area contributed by atoms with Gasteiger partial charge in [0.2, 0.25) is 0 Å². The number of para-hydroxylation sites is 2. The molecule has 2 aromatic heterocycles. The molecule has 4 aromatic rings. The van der Waals surface area contributed by atoms with E-state index in [0.717, 1.165) is 37.5 Å². The Hall–Kier alpha value is -2.66. The zero-order valence-corrected chi connectivity index (χ0v) is 14.4. The van der Waals surface area contributed by atoms with Crippen LogP contribution in [-0.4, -0.2) is 23.0 Å². The van der Waals surface area contributed by atoms with Crippen LogP contribution in [0.25, 0.3) is 33.1 Å². The predicted octanol–water partition coefficient (Wildman–Crippen LogP) is 4.93. The molecule has 0 aliphatic rings. The number of H-pyrrole nitrogens is 1. The summed E-state index contributed by atoms with van der Waals surface area (Å²) in [6.45, 7) is 0. The second-order valence-electron chi connectivity index (χ2n) is 5.44. The average Bonchev–Trinajstić information content (AvgIpc) is 2.99.